The summed E-state index contributed by atoms with van der Waals surface area (Å²) in [5.41, 5.74) is 1.05. The number of ether oxygens (including phenoxy) is 1. The van der Waals surface area contributed by atoms with Gasteiger partial charge in [0.1, 0.15) is 5.82 Å². The predicted octanol–water partition coefficient (Wildman–Crippen LogP) is 2.62. The van der Waals surface area contributed by atoms with Crippen LogP contribution in [-0.2, 0) is 16.0 Å². The van der Waals surface area contributed by atoms with Crippen LogP contribution < -0.4 is 5.32 Å². The molecule has 0 aliphatic carbocycles. The molecule has 0 unspecified atom stereocenters. The van der Waals surface area contributed by atoms with Crippen LogP contribution in [-0.4, -0.2) is 50.2 Å². The second kappa shape index (κ2) is 12.0. The lowest BCUT2D eigenvalue weighted by molar-refractivity contribution is -0.121. The molecule has 1 N–H and O–H groups in total. The van der Waals surface area contributed by atoms with Gasteiger partial charge in [0.15, 0.2) is 0 Å². The molecule has 0 atom stereocenters. The van der Waals surface area contributed by atoms with Crippen molar-refractivity contribution in [3.05, 3.63) is 35.6 Å². The van der Waals surface area contributed by atoms with E-state index in [1.807, 2.05) is 0 Å². The first-order valence-corrected chi connectivity index (χ1v) is 8.47. The third kappa shape index (κ3) is 9.31. The first-order valence-electron chi connectivity index (χ1n) is 8.47. The van der Waals surface area contributed by atoms with Gasteiger partial charge in [0.05, 0.1) is 13.2 Å². The minimum absolute atomic E-state index is 0.0412. The number of aryl methyl sites for hydroxylation is 1. The number of carbonyl (C=O) groups is 1. The van der Waals surface area contributed by atoms with E-state index in [4.69, 9.17) is 4.74 Å². The molecular weight excluding hydrogens is 295 g/mol. The largest absolute Gasteiger partial charge is 0.378 e. The van der Waals surface area contributed by atoms with Gasteiger partial charge in [-0.25, -0.2) is 4.39 Å². The molecule has 1 amide bonds. The molecule has 0 heterocycles. The van der Waals surface area contributed by atoms with Crippen molar-refractivity contribution in [3.63, 3.8) is 0 Å². The van der Waals surface area contributed by atoms with Crippen molar-refractivity contribution in [2.24, 2.45) is 0 Å². The van der Waals surface area contributed by atoms with E-state index in [0.717, 1.165) is 38.0 Å². The Balaban J connectivity index is 1.99. The van der Waals surface area contributed by atoms with Crippen molar-refractivity contribution in [1.29, 1.82) is 0 Å². The lowest BCUT2D eigenvalue weighted by atomic mass is 10.1. The van der Waals surface area contributed by atoms with E-state index in [9.17, 15) is 9.18 Å². The molecule has 0 aliphatic rings. The average Bonchev–Trinajstić information content (AvgIpc) is 2.56. The molecule has 1 aromatic rings. The number of nitrogens with one attached hydrogen (secondary N) is 1. The second-order valence-corrected chi connectivity index (χ2v) is 5.47. The van der Waals surface area contributed by atoms with Gasteiger partial charge in [-0.1, -0.05) is 26.0 Å². The average molecular weight is 324 g/mol. The molecule has 0 aliphatic heterocycles. The summed E-state index contributed by atoms with van der Waals surface area (Å²) in [6, 6.07) is 6.42. The number of rotatable bonds is 12. The van der Waals surface area contributed by atoms with Gasteiger partial charge in [0.25, 0.3) is 0 Å². The topological polar surface area (TPSA) is 41.6 Å². The molecule has 0 radical (unpaired) electrons. The van der Waals surface area contributed by atoms with Crippen LogP contribution in [0, 0.1) is 5.82 Å². The van der Waals surface area contributed by atoms with Crippen molar-refractivity contribution < 1.29 is 13.9 Å². The molecule has 0 saturated carbocycles. The molecular formula is C18H29FN2O2. The number of likely N-dealkylation sites (N-methyl/N-ethyl adjacent to an activating group) is 1. The minimum atomic E-state index is -0.229. The Hall–Kier alpha value is -1.46. The maximum absolute atomic E-state index is 12.8. The number of amides is 1. The normalized spacial score (nSPS) is 11.0. The molecule has 0 bridgehead atoms. The first-order chi connectivity index (χ1) is 11.2. The molecule has 5 heteroatoms. The van der Waals surface area contributed by atoms with Crippen LogP contribution in [0.15, 0.2) is 24.3 Å². The van der Waals surface area contributed by atoms with Crippen molar-refractivity contribution >= 4 is 5.91 Å². The van der Waals surface area contributed by atoms with Gasteiger partial charge in [-0.05, 0) is 43.6 Å². The van der Waals surface area contributed by atoms with E-state index in [2.05, 4.69) is 24.1 Å². The highest BCUT2D eigenvalue weighted by molar-refractivity contribution is 5.75. The van der Waals surface area contributed by atoms with Gasteiger partial charge in [0, 0.05) is 19.5 Å². The van der Waals surface area contributed by atoms with Crippen molar-refractivity contribution in [2.45, 2.75) is 33.1 Å². The molecule has 130 valence electrons. The van der Waals surface area contributed by atoms with Crippen molar-refractivity contribution in [1.82, 2.24) is 10.2 Å². The number of hydrogen-bond acceptors (Lipinski definition) is 3. The Labute approximate surface area is 139 Å². The summed E-state index contributed by atoms with van der Waals surface area (Å²) in [5, 5.41) is 2.86. The monoisotopic (exact) mass is 324 g/mol. The van der Waals surface area contributed by atoms with Crippen LogP contribution >= 0.6 is 0 Å². The zero-order chi connectivity index (χ0) is 16.9. The van der Waals surface area contributed by atoms with Crippen LogP contribution in [0.4, 0.5) is 4.39 Å². The van der Waals surface area contributed by atoms with Gasteiger partial charge < -0.3 is 15.0 Å². The molecule has 0 fully saturated rings. The number of nitrogens with zero attached hydrogens (tertiary/aromatic N) is 1. The second-order valence-electron chi connectivity index (χ2n) is 5.47. The number of carbonyl (C=O) groups excluding carboxylic acids is 1. The molecule has 4 nitrogen and oxygen atoms in total. The summed E-state index contributed by atoms with van der Waals surface area (Å²) in [5.74, 6) is -0.188. The first kappa shape index (κ1) is 19.6. The summed E-state index contributed by atoms with van der Waals surface area (Å²) in [6.07, 6.45) is 2.03. The smallest absolute Gasteiger partial charge is 0.220 e. The number of benzene rings is 1. The lowest BCUT2D eigenvalue weighted by Crippen LogP contribution is -2.30. The summed E-state index contributed by atoms with van der Waals surface area (Å²) >= 11 is 0. The summed E-state index contributed by atoms with van der Waals surface area (Å²) in [7, 11) is 0. The quantitative estimate of drug-likeness (QED) is 0.601. The standard InChI is InChI=1S/C18H29FN2O2/c1-3-21(4-2)13-15-23-14-12-20-18(22)7-5-6-16-8-10-17(19)11-9-16/h8-11H,3-7,12-15H2,1-2H3,(H,20,22). The SMILES string of the molecule is CCN(CC)CCOCCNC(=O)CCCc1ccc(F)cc1. The van der Waals surface area contributed by atoms with Crippen molar-refractivity contribution in [2.75, 3.05) is 39.4 Å². The molecule has 0 saturated heterocycles. The third-order valence-electron chi connectivity index (χ3n) is 3.80. The van der Waals surface area contributed by atoms with E-state index in [1.54, 1.807) is 12.1 Å². The summed E-state index contributed by atoms with van der Waals surface area (Å²) < 4.78 is 18.3. The third-order valence-corrected chi connectivity index (χ3v) is 3.80. The van der Waals surface area contributed by atoms with Crippen molar-refractivity contribution in [3.8, 4) is 0 Å². The fourth-order valence-corrected chi connectivity index (χ4v) is 2.29. The highest BCUT2D eigenvalue weighted by Gasteiger charge is 2.02. The highest BCUT2D eigenvalue weighted by Crippen LogP contribution is 2.06. The number of hydrogen-bond donors (Lipinski definition) is 1. The molecule has 0 aromatic heterocycles. The van der Waals surface area contributed by atoms with Crippen LogP contribution in [0.25, 0.3) is 0 Å². The van der Waals surface area contributed by atoms with Gasteiger partial charge in [-0.3, -0.25) is 4.79 Å². The molecule has 1 aromatic carbocycles. The van der Waals surface area contributed by atoms with Gasteiger partial charge in [-0.15, -0.1) is 0 Å². The fourth-order valence-electron chi connectivity index (χ4n) is 2.29. The highest BCUT2D eigenvalue weighted by atomic mass is 19.1. The Morgan fingerprint density at radius 1 is 1.17 bits per heavy atom. The Morgan fingerprint density at radius 2 is 1.87 bits per heavy atom. The van der Waals surface area contributed by atoms with E-state index in [1.165, 1.54) is 12.1 Å². The number of halogens is 1. The van der Waals surface area contributed by atoms with E-state index in [-0.39, 0.29) is 11.7 Å². The van der Waals surface area contributed by atoms with Crippen LogP contribution in [0.1, 0.15) is 32.3 Å². The Kier molecular flexibility index (Phi) is 10.2. The maximum Gasteiger partial charge on any atom is 0.220 e. The molecule has 23 heavy (non-hydrogen) atoms. The molecule has 0 spiro atoms. The fraction of sp³-hybridized carbons (Fsp3) is 0.611. The zero-order valence-corrected chi connectivity index (χ0v) is 14.3. The van der Waals surface area contributed by atoms with Crippen LogP contribution in [0.2, 0.25) is 0 Å². The van der Waals surface area contributed by atoms with Gasteiger partial charge >= 0.3 is 0 Å². The van der Waals surface area contributed by atoms with Crippen LogP contribution in [0.3, 0.4) is 0 Å². The Bertz CT molecular complexity index is 433. The minimum Gasteiger partial charge on any atom is -0.378 e. The lowest BCUT2D eigenvalue weighted by Gasteiger charge is -2.17. The van der Waals surface area contributed by atoms with E-state index >= 15 is 0 Å². The maximum atomic E-state index is 12.8. The predicted molar refractivity (Wildman–Crippen MR) is 91.0 cm³/mol. The summed E-state index contributed by atoms with van der Waals surface area (Å²) in [4.78, 5) is 14.0. The zero-order valence-electron chi connectivity index (χ0n) is 14.3. The van der Waals surface area contributed by atoms with E-state index in [0.29, 0.717) is 26.2 Å². The van der Waals surface area contributed by atoms with Gasteiger partial charge in [0.2, 0.25) is 5.91 Å². The molecule has 1 rings (SSSR count). The van der Waals surface area contributed by atoms with Gasteiger partial charge in [-0.2, -0.15) is 0 Å². The van der Waals surface area contributed by atoms with E-state index < -0.39 is 0 Å². The Morgan fingerprint density at radius 3 is 2.52 bits per heavy atom. The van der Waals surface area contributed by atoms with Crippen LogP contribution in [0.5, 0.6) is 0 Å². The summed E-state index contributed by atoms with van der Waals surface area (Å²) in [6.45, 7) is 9.06.